The van der Waals surface area contributed by atoms with Crippen LogP contribution < -0.4 is 10.2 Å². The van der Waals surface area contributed by atoms with E-state index in [9.17, 15) is 0 Å². The second-order valence-corrected chi connectivity index (χ2v) is 6.20. The smallest absolute Gasteiger partial charge is 0.134 e. The minimum atomic E-state index is 0.461. The van der Waals surface area contributed by atoms with Crippen LogP contribution in [0.25, 0.3) is 10.9 Å². The molecule has 3 rings (SSSR count). The van der Waals surface area contributed by atoms with Gasteiger partial charge in [0.25, 0.3) is 0 Å². The van der Waals surface area contributed by atoms with Gasteiger partial charge >= 0.3 is 0 Å². The fourth-order valence-corrected chi connectivity index (χ4v) is 2.83. The van der Waals surface area contributed by atoms with E-state index in [-0.39, 0.29) is 0 Å². The minimum Gasteiger partial charge on any atom is -0.354 e. The van der Waals surface area contributed by atoms with E-state index in [1.54, 1.807) is 0 Å². The number of hydrogen-bond acceptors (Lipinski definition) is 3. The highest BCUT2D eigenvalue weighted by Gasteiger charge is 2.22. The largest absolute Gasteiger partial charge is 0.354 e. The highest BCUT2D eigenvalue weighted by Crippen LogP contribution is 2.26. The van der Waals surface area contributed by atoms with E-state index in [0.717, 1.165) is 30.5 Å². The predicted molar refractivity (Wildman–Crippen MR) is 89.8 cm³/mol. The Labute approximate surface area is 127 Å². The summed E-state index contributed by atoms with van der Waals surface area (Å²) in [4.78, 5) is 7.34. The number of hydrogen-bond donors (Lipinski definition) is 1. The molecule has 0 radical (unpaired) electrons. The van der Waals surface area contributed by atoms with Crippen molar-refractivity contribution < 1.29 is 0 Å². The monoisotopic (exact) mass is 283 g/mol. The second-order valence-electron chi connectivity index (χ2n) is 6.20. The number of benzene rings is 1. The van der Waals surface area contributed by atoms with Gasteiger partial charge in [-0.1, -0.05) is 18.2 Å². The zero-order valence-electron chi connectivity index (χ0n) is 13.3. The van der Waals surface area contributed by atoms with Crippen molar-refractivity contribution in [1.82, 2.24) is 10.3 Å². The van der Waals surface area contributed by atoms with Crippen LogP contribution in [0.4, 0.5) is 5.82 Å². The third-order valence-electron chi connectivity index (χ3n) is 4.17. The first kappa shape index (κ1) is 14.3. The van der Waals surface area contributed by atoms with E-state index in [1.807, 2.05) is 0 Å². The van der Waals surface area contributed by atoms with Gasteiger partial charge < -0.3 is 10.2 Å². The number of pyridine rings is 1. The summed E-state index contributed by atoms with van der Waals surface area (Å²) in [5.74, 6) is 1.14. The third kappa shape index (κ3) is 3.18. The summed E-state index contributed by atoms with van der Waals surface area (Å²) < 4.78 is 0. The maximum Gasteiger partial charge on any atom is 0.134 e. The van der Waals surface area contributed by atoms with E-state index >= 15 is 0 Å². The molecule has 0 amide bonds. The molecule has 0 aliphatic heterocycles. The van der Waals surface area contributed by atoms with Gasteiger partial charge in [0, 0.05) is 36.1 Å². The van der Waals surface area contributed by atoms with E-state index < -0.39 is 0 Å². The Hall–Kier alpha value is -1.61. The molecule has 0 bridgehead atoms. The van der Waals surface area contributed by atoms with Gasteiger partial charge in [0.05, 0.1) is 5.52 Å². The molecule has 112 valence electrons. The summed E-state index contributed by atoms with van der Waals surface area (Å²) in [5.41, 5.74) is 2.40. The van der Waals surface area contributed by atoms with Crippen molar-refractivity contribution in [2.45, 2.75) is 52.2 Å². The standard InChI is InChI=1S/C18H25N3/c1-4-21(13(2)3)18-15(12-19-16-9-10-16)11-14-7-5-6-8-17(14)20-18/h5-8,11,13,16,19H,4,9-10,12H2,1-3H3. The molecule has 1 N–H and O–H groups in total. The lowest BCUT2D eigenvalue weighted by atomic mass is 10.1. The summed E-state index contributed by atoms with van der Waals surface area (Å²) in [6.45, 7) is 8.58. The average Bonchev–Trinajstić information content (AvgIpc) is 3.29. The van der Waals surface area contributed by atoms with Crippen molar-refractivity contribution in [3.63, 3.8) is 0 Å². The Bertz CT molecular complexity index is 617. The first-order valence-electron chi connectivity index (χ1n) is 8.07. The number of aromatic nitrogens is 1. The van der Waals surface area contributed by atoms with Gasteiger partial charge in [0.1, 0.15) is 5.82 Å². The van der Waals surface area contributed by atoms with E-state index in [1.165, 1.54) is 23.8 Å². The van der Waals surface area contributed by atoms with E-state index in [2.05, 4.69) is 61.3 Å². The van der Waals surface area contributed by atoms with Crippen LogP contribution in [-0.4, -0.2) is 23.6 Å². The molecule has 0 unspecified atom stereocenters. The Morgan fingerprint density at radius 3 is 2.71 bits per heavy atom. The minimum absolute atomic E-state index is 0.461. The van der Waals surface area contributed by atoms with Gasteiger partial charge in [0.15, 0.2) is 0 Å². The van der Waals surface area contributed by atoms with Crippen molar-refractivity contribution in [2.75, 3.05) is 11.4 Å². The zero-order valence-corrected chi connectivity index (χ0v) is 13.3. The number of anilines is 1. The summed E-state index contributed by atoms with van der Waals surface area (Å²) >= 11 is 0. The van der Waals surface area contributed by atoms with E-state index in [0.29, 0.717) is 6.04 Å². The van der Waals surface area contributed by atoms with Crippen LogP contribution in [0.3, 0.4) is 0 Å². The lowest BCUT2D eigenvalue weighted by Crippen LogP contribution is -2.33. The molecule has 21 heavy (non-hydrogen) atoms. The first-order valence-corrected chi connectivity index (χ1v) is 8.07. The molecular formula is C18H25N3. The van der Waals surface area contributed by atoms with Gasteiger partial charge in [-0.3, -0.25) is 0 Å². The van der Waals surface area contributed by atoms with Crippen molar-refractivity contribution in [1.29, 1.82) is 0 Å². The summed E-state index contributed by atoms with van der Waals surface area (Å²) in [5, 5.41) is 4.86. The van der Waals surface area contributed by atoms with Gasteiger partial charge in [-0.25, -0.2) is 4.98 Å². The van der Waals surface area contributed by atoms with Gasteiger partial charge in [-0.05, 0) is 45.7 Å². The predicted octanol–water partition coefficient (Wildman–Crippen LogP) is 3.72. The van der Waals surface area contributed by atoms with E-state index in [4.69, 9.17) is 4.98 Å². The molecule has 1 saturated carbocycles. The SMILES string of the molecule is CCN(c1nc2ccccc2cc1CNC1CC1)C(C)C. The molecule has 1 aliphatic rings. The van der Waals surface area contributed by atoms with Crippen molar-refractivity contribution >= 4 is 16.7 Å². The van der Waals surface area contributed by atoms with Crippen LogP contribution in [0.15, 0.2) is 30.3 Å². The molecule has 1 aromatic carbocycles. The molecule has 3 nitrogen and oxygen atoms in total. The lowest BCUT2D eigenvalue weighted by molar-refractivity contribution is 0.661. The van der Waals surface area contributed by atoms with Crippen molar-refractivity contribution in [3.05, 3.63) is 35.9 Å². The van der Waals surface area contributed by atoms with Gasteiger partial charge in [-0.15, -0.1) is 0 Å². The Kier molecular flexibility index (Phi) is 4.11. The van der Waals surface area contributed by atoms with Crippen LogP contribution in [0.1, 0.15) is 39.2 Å². The number of rotatable bonds is 6. The molecule has 1 fully saturated rings. The fourth-order valence-electron chi connectivity index (χ4n) is 2.83. The average molecular weight is 283 g/mol. The number of nitrogens with zero attached hydrogens (tertiary/aromatic N) is 2. The van der Waals surface area contributed by atoms with Crippen LogP contribution in [-0.2, 0) is 6.54 Å². The quantitative estimate of drug-likeness (QED) is 0.875. The van der Waals surface area contributed by atoms with Gasteiger partial charge in [0.2, 0.25) is 0 Å². The van der Waals surface area contributed by atoms with Crippen LogP contribution in [0, 0.1) is 0 Å². The molecule has 0 spiro atoms. The summed E-state index contributed by atoms with van der Waals surface area (Å²) in [6.07, 6.45) is 2.63. The maximum atomic E-state index is 4.95. The molecule has 0 saturated heterocycles. The first-order chi connectivity index (χ1) is 10.2. The number of fused-ring (bicyclic) bond motifs is 1. The normalized spacial score (nSPS) is 14.9. The zero-order chi connectivity index (χ0) is 14.8. The molecule has 1 heterocycles. The van der Waals surface area contributed by atoms with Crippen LogP contribution in [0.5, 0.6) is 0 Å². The van der Waals surface area contributed by atoms with Gasteiger partial charge in [-0.2, -0.15) is 0 Å². The van der Waals surface area contributed by atoms with Crippen LogP contribution >= 0.6 is 0 Å². The molecule has 2 aromatic rings. The molecule has 3 heteroatoms. The van der Waals surface area contributed by atoms with Crippen molar-refractivity contribution in [3.8, 4) is 0 Å². The Morgan fingerprint density at radius 2 is 2.05 bits per heavy atom. The van der Waals surface area contributed by atoms with Crippen LogP contribution in [0.2, 0.25) is 0 Å². The molecule has 1 aliphatic carbocycles. The summed E-state index contributed by atoms with van der Waals surface area (Å²) in [7, 11) is 0. The highest BCUT2D eigenvalue weighted by molar-refractivity contribution is 5.81. The third-order valence-corrected chi connectivity index (χ3v) is 4.17. The fraction of sp³-hybridized carbons (Fsp3) is 0.500. The Balaban J connectivity index is 2.01. The Morgan fingerprint density at radius 1 is 1.29 bits per heavy atom. The maximum absolute atomic E-state index is 4.95. The molecule has 1 aromatic heterocycles. The lowest BCUT2D eigenvalue weighted by Gasteiger charge is -2.29. The second kappa shape index (κ2) is 6.02. The highest BCUT2D eigenvalue weighted by atomic mass is 15.2. The summed E-state index contributed by atoms with van der Waals surface area (Å²) in [6, 6.07) is 11.9. The number of para-hydroxylation sites is 1. The molecule has 0 atom stereocenters. The topological polar surface area (TPSA) is 28.2 Å². The number of nitrogens with one attached hydrogen (secondary N) is 1. The van der Waals surface area contributed by atoms with Crippen molar-refractivity contribution in [2.24, 2.45) is 0 Å². The molecular weight excluding hydrogens is 258 g/mol.